The molecule has 0 aliphatic rings. The van der Waals surface area contributed by atoms with Gasteiger partial charge < -0.3 is 15.4 Å². The highest BCUT2D eigenvalue weighted by atomic mass is 16.5. The van der Waals surface area contributed by atoms with Crippen molar-refractivity contribution in [2.75, 3.05) is 19.0 Å². The topological polar surface area (TPSA) is 67.4 Å². The summed E-state index contributed by atoms with van der Waals surface area (Å²) in [6, 6.07) is 7.16. The smallest absolute Gasteiger partial charge is 0.330 e. The van der Waals surface area contributed by atoms with Crippen molar-refractivity contribution in [3.63, 3.8) is 0 Å². The number of methoxy groups -OCH3 is 1. The van der Waals surface area contributed by atoms with E-state index in [4.69, 9.17) is 0 Å². The predicted molar refractivity (Wildman–Crippen MR) is 74.2 cm³/mol. The molecule has 0 heterocycles. The Balaban J connectivity index is 2.92. The van der Waals surface area contributed by atoms with E-state index in [1.807, 2.05) is 19.1 Å². The average molecular weight is 264 g/mol. The number of carbonyl (C=O) groups is 2. The van der Waals surface area contributed by atoms with Crippen LogP contribution in [0.3, 0.4) is 0 Å². The fourth-order valence-electron chi connectivity index (χ4n) is 1.68. The highest BCUT2D eigenvalue weighted by molar-refractivity contribution is 6.02. The largest absolute Gasteiger partial charge is 0.467 e. The second-order valence-corrected chi connectivity index (χ2v) is 4.65. The summed E-state index contributed by atoms with van der Waals surface area (Å²) in [6.07, 6.45) is 0. The van der Waals surface area contributed by atoms with Crippen molar-refractivity contribution in [2.24, 2.45) is 0 Å². The van der Waals surface area contributed by atoms with Crippen molar-refractivity contribution in [3.05, 3.63) is 29.8 Å². The molecule has 5 nitrogen and oxygen atoms in total. The van der Waals surface area contributed by atoms with Gasteiger partial charge >= 0.3 is 5.97 Å². The molecule has 1 aromatic carbocycles. The molecule has 1 amide bonds. The lowest BCUT2D eigenvalue weighted by Gasteiger charge is -2.23. The molecular weight excluding hydrogens is 244 g/mol. The predicted octanol–water partition coefficient (Wildman–Crippen LogP) is 1.80. The minimum Gasteiger partial charge on any atom is -0.467 e. The van der Waals surface area contributed by atoms with Crippen molar-refractivity contribution in [3.8, 4) is 0 Å². The zero-order chi connectivity index (χ0) is 14.5. The van der Waals surface area contributed by atoms with Gasteiger partial charge in [-0.1, -0.05) is 12.1 Å². The van der Waals surface area contributed by atoms with Crippen molar-refractivity contribution in [2.45, 2.75) is 26.3 Å². The molecule has 0 aromatic heterocycles. The van der Waals surface area contributed by atoms with Gasteiger partial charge in [0.05, 0.1) is 12.7 Å². The van der Waals surface area contributed by atoms with Gasteiger partial charge in [-0.25, -0.2) is 4.79 Å². The van der Waals surface area contributed by atoms with Crippen LogP contribution < -0.4 is 10.6 Å². The lowest BCUT2D eigenvalue weighted by Crippen LogP contribution is -2.50. The second-order valence-electron chi connectivity index (χ2n) is 4.65. The molecule has 0 bridgehead atoms. The van der Waals surface area contributed by atoms with Gasteiger partial charge in [-0.3, -0.25) is 4.79 Å². The molecule has 1 aromatic rings. The quantitative estimate of drug-likeness (QED) is 0.796. The second kappa shape index (κ2) is 6.22. The van der Waals surface area contributed by atoms with Gasteiger partial charge in [0.25, 0.3) is 5.91 Å². The van der Waals surface area contributed by atoms with Crippen molar-refractivity contribution in [1.82, 2.24) is 5.32 Å². The summed E-state index contributed by atoms with van der Waals surface area (Å²) >= 11 is 0. The van der Waals surface area contributed by atoms with Crippen LogP contribution >= 0.6 is 0 Å². The van der Waals surface area contributed by atoms with Crippen LogP contribution in [0.5, 0.6) is 0 Å². The molecule has 1 rings (SSSR count). The standard InChI is InChI=1S/C14H20N2O3/c1-5-15-11-9-7-6-8-10(11)12(17)16-14(2,3)13(18)19-4/h6-9,15H,5H2,1-4H3,(H,16,17). The Morgan fingerprint density at radius 3 is 2.47 bits per heavy atom. The summed E-state index contributed by atoms with van der Waals surface area (Å²) in [5, 5.41) is 5.78. The summed E-state index contributed by atoms with van der Waals surface area (Å²) in [7, 11) is 1.29. The van der Waals surface area contributed by atoms with E-state index in [0.717, 1.165) is 5.69 Å². The first-order valence-corrected chi connectivity index (χ1v) is 6.16. The third kappa shape index (κ3) is 3.71. The summed E-state index contributed by atoms with van der Waals surface area (Å²) in [6.45, 7) is 5.87. The van der Waals surface area contributed by atoms with Crippen LogP contribution in [0.15, 0.2) is 24.3 Å². The van der Waals surface area contributed by atoms with Crippen LogP contribution in [0.2, 0.25) is 0 Å². The Morgan fingerprint density at radius 2 is 1.89 bits per heavy atom. The van der Waals surface area contributed by atoms with Crippen molar-refractivity contribution in [1.29, 1.82) is 0 Å². The van der Waals surface area contributed by atoms with Crippen LogP contribution in [-0.2, 0) is 9.53 Å². The highest BCUT2D eigenvalue weighted by Crippen LogP contribution is 2.16. The third-order valence-electron chi connectivity index (χ3n) is 2.66. The Bertz CT molecular complexity index is 470. The number of benzene rings is 1. The molecule has 19 heavy (non-hydrogen) atoms. The Hall–Kier alpha value is -2.04. The summed E-state index contributed by atoms with van der Waals surface area (Å²) in [4.78, 5) is 23.8. The molecule has 0 saturated carbocycles. The lowest BCUT2D eigenvalue weighted by molar-refractivity contribution is -0.146. The Morgan fingerprint density at radius 1 is 1.26 bits per heavy atom. The van der Waals surface area contributed by atoms with E-state index < -0.39 is 11.5 Å². The number of nitrogens with one attached hydrogen (secondary N) is 2. The van der Waals surface area contributed by atoms with E-state index in [9.17, 15) is 9.59 Å². The molecular formula is C14H20N2O3. The van der Waals surface area contributed by atoms with E-state index >= 15 is 0 Å². The van der Waals surface area contributed by atoms with Gasteiger partial charge in [0.1, 0.15) is 5.54 Å². The van der Waals surface area contributed by atoms with E-state index in [1.165, 1.54) is 7.11 Å². The Labute approximate surface area is 113 Å². The van der Waals surface area contributed by atoms with Crippen LogP contribution in [0, 0.1) is 0 Å². The number of anilines is 1. The number of para-hydroxylation sites is 1. The number of rotatable bonds is 5. The van der Waals surface area contributed by atoms with Gasteiger partial charge in [-0.05, 0) is 32.9 Å². The normalized spacial score (nSPS) is 10.7. The minimum atomic E-state index is -1.06. The number of esters is 1. The number of hydrogen-bond donors (Lipinski definition) is 2. The van der Waals surface area contributed by atoms with Gasteiger partial charge in [0.2, 0.25) is 0 Å². The van der Waals surface area contributed by atoms with Crippen LogP contribution in [0.4, 0.5) is 5.69 Å². The fourth-order valence-corrected chi connectivity index (χ4v) is 1.68. The first-order valence-electron chi connectivity index (χ1n) is 6.16. The molecule has 0 saturated heterocycles. The Kier molecular flexibility index (Phi) is 4.92. The van der Waals surface area contributed by atoms with Crippen molar-refractivity contribution < 1.29 is 14.3 Å². The molecule has 0 atom stereocenters. The summed E-state index contributed by atoms with van der Waals surface area (Å²) < 4.78 is 4.66. The number of ether oxygens (including phenoxy) is 1. The van der Waals surface area contributed by atoms with Crippen LogP contribution in [-0.4, -0.2) is 31.1 Å². The monoisotopic (exact) mass is 264 g/mol. The molecule has 0 aliphatic heterocycles. The summed E-state index contributed by atoms with van der Waals surface area (Å²) in [5.41, 5.74) is 0.176. The zero-order valence-corrected chi connectivity index (χ0v) is 11.7. The molecule has 0 unspecified atom stereocenters. The first-order chi connectivity index (χ1) is 8.92. The van der Waals surface area contributed by atoms with Gasteiger partial charge in [-0.2, -0.15) is 0 Å². The fraction of sp³-hybridized carbons (Fsp3) is 0.429. The molecule has 0 fully saturated rings. The van der Waals surface area contributed by atoms with Gasteiger partial charge in [0, 0.05) is 12.2 Å². The average Bonchev–Trinajstić information content (AvgIpc) is 2.38. The van der Waals surface area contributed by atoms with E-state index in [0.29, 0.717) is 12.1 Å². The van der Waals surface area contributed by atoms with Gasteiger partial charge in [0.15, 0.2) is 0 Å². The number of hydrogen-bond acceptors (Lipinski definition) is 4. The van der Waals surface area contributed by atoms with Crippen LogP contribution in [0.1, 0.15) is 31.1 Å². The SMILES string of the molecule is CCNc1ccccc1C(=O)NC(C)(C)C(=O)OC. The number of amides is 1. The first kappa shape index (κ1) is 15.0. The van der Waals surface area contributed by atoms with E-state index in [-0.39, 0.29) is 5.91 Å². The maximum atomic E-state index is 12.2. The highest BCUT2D eigenvalue weighted by Gasteiger charge is 2.31. The zero-order valence-electron chi connectivity index (χ0n) is 11.7. The molecule has 0 aliphatic carbocycles. The third-order valence-corrected chi connectivity index (χ3v) is 2.66. The maximum Gasteiger partial charge on any atom is 0.330 e. The minimum absolute atomic E-state index is 0.313. The molecule has 0 spiro atoms. The van der Waals surface area contributed by atoms with E-state index in [2.05, 4.69) is 15.4 Å². The van der Waals surface area contributed by atoms with Crippen molar-refractivity contribution >= 4 is 17.6 Å². The molecule has 2 N–H and O–H groups in total. The molecule has 0 radical (unpaired) electrons. The van der Waals surface area contributed by atoms with Crippen LogP contribution in [0.25, 0.3) is 0 Å². The maximum absolute atomic E-state index is 12.2. The van der Waals surface area contributed by atoms with E-state index in [1.54, 1.807) is 26.0 Å². The molecule has 5 heteroatoms. The molecule has 104 valence electrons. The summed E-state index contributed by atoms with van der Waals surface area (Å²) in [5.74, 6) is -0.797. The lowest BCUT2D eigenvalue weighted by atomic mass is 10.0. The number of carbonyl (C=O) groups excluding carboxylic acids is 2. The van der Waals surface area contributed by atoms with Gasteiger partial charge in [-0.15, -0.1) is 0 Å².